The molecule has 1 saturated heterocycles. The smallest absolute Gasteiger partial charge is 0.308 e. The molecule has 1 aliphatic heterocycles. The van der Waals surface area contributed by atoms with Crippen LogP contribution in [0.3, 0.4) is 0 Å². The summed E-state index contributed by atoms with van der Waals surface area (Å²) in [5.41, 5.74) is 1.90. The molecular formula is C13H12FN3O2. The van der Waals surface area contributed by atoms with E-state index in [0.717, 1.165) is 11.9 Å². The molecule has 0 amide bonds. The summed E-state index contributed by atoms with van der Waals surface area (Å²) in [6, 6.07) is 3.12. The van der Waals surface area contributed by atoms with Crippen LogP contribution in [0.5, 0.6) is 0 Å². The Labute approximate surface area is 108 Å². The van der Waals surface area contributed by atoms with Crippen molar-refractivity contribution >= 4 is 22.7 Å². The molecule has 19 heavy (non-hydrogen) atoms. The Hall–Kier alpha value is -2.24. The lowest BCUT2D eigenvalue weighted by Crippen LogP contribution is -2.23. The molecule has 0 aromatic carbocycles. The Balaban J connectivity index is 2.00. The van der Waals surface area contributed by atoms with Crippen molar-refractivity contribution < 1.29 is 14.3 Å². The summed E-state index contributed by atoms with van der Waals surface area (Å²) in [4.78, 5) is 21.1. The first-order chi connectivity index (χ1) is 9.15. The number of pyridine rings is 2. The van der Waals surface area contributed by atoms with Gasteiger partial charge < -0.3 is 10.0 Å². The van der Waals surface area contributed by atoms with Gasteiger partial charge in [0.05, 0.1) is 23.3 Å². The lowest BCUT2D eigenvalue weighted by Gasteiger charge is -2.19. The van der Waals surface area contributed by atoms with Crippen LogP contribution in [0, 0.1) is 11.7 Å². The highest BCUT2D eigenvalue weighted by atomic mass is 19.1. The first-order valence-corrected chi connectivity index (χ1v) is 6.03. The summed E-state index contributed by atoms with van der Waals surface area (Å²) < 4.78 is 13.1. The molecule has 0 aliphatic carbocycles. The Morgan fingerprint density at radius 3 is 3.05 bits per heavy atom. The molecule has 6 heteroatoms. The predicted octanol–water partition coefficient (Wildman–Crippen LogP) is 1.68. The Bertz CT molecular complexity index is 647. The third-order valence-electron chi connectivity index (χ3n) is 3.40. The molecule has 0 spiro atoms. The van der Waals surface area contributed by atoms with Crippen LogP contribution in [0.25, 0.3) is 11.0 Å². The van der Waals surface area contributed by atoms with E-state index < -0.39 is 11.8 Å². The number of nitrogens with zero attached hydrogens (tertiary/aromatic N) is 3. The second kappa shape index (κ2) is 4.46. The number of halogens is 1. The molecule has 5 nitrogen and oxygen atoms in total. The quantitative estimate of drug-likeness (QED) is 0.890. The molecule has 2 aromatic rings. The molecule has 2 aromatic heterocycles. The van der Waals surface area contributed by atoms with Gasteiger partial charge in [-0.05, 0) is 12.5 Å². The second-order valence-electron chi connectivity index (χ2n) is 4.62. The summed E-state index contributed by atoms with van der Waals surface area (Å²) in [5, 5.41) is 9.02. The van der Waals surface area contributed by atoms with E-state index in [1.807, 2.05) is 4.90 Å². The number of carbonyl (C=O) groups is 1. The van der Waals surface area contributed by atoms with Gasteiger partial charge in [-0.25, -0.2) is 9.37 Å². The molecule has 3 heterocycles. The second-order valence-corrected chi connectivity index (χ2v) is 4.62. The van der Waals surface area contributed by atoms with Crippen LogP contribution in [-0.2, 0) is 4.79 Å². The molecule has 3 rings (SSSR count). The molecule has 1 unspecified atom stereocenters. The third-order valence-corrected chi connectivity index (χ3v) is 3.40. The normalized spacial score (nSPS) is 19.0. The number of aliphatic carboxylic acids is 1. The molecule has 1 N–H and O–H groups in total. The number of carboxylic acid groups (broad SMARTS) is 1. The highest BCUT2D eigenvalue weighted by Gasteiger charge is 2.29. The average molecular weight is 261 g/mol. The van der Waals surface area contributed by atoms with E-state index >= 15 is 0 Å². The van der Waals surface area contributed by atoms with E-state index in [-0.39, 0.29) is 5.92 Å². The van der Waals surface area contributed by atoms with Gasteiger partial charge >= 0.3 is 5.97 Å². The summed E-state index contributed by atoms with van der Waals surface area (Å²) in [5.74, 6) is -1.56. The number of hydrogen-bond donors (Lipinski definition) is 1. The molecule has 0 saturated carbocycles. The monoisotopic (exact) mass is 261 g/mol. The fraction of sp³-hybridized carbons (Fsp3) is 0.308. The number of rotatable bonds is 2. The average Bonchev–Trinajstić information content (AvgIpc) is 2.87. The van der Waals surface area contributed by atoms with Crippen molar-refractivity contribution in [2.75, 3.05) is 18.0 Å². The maximum absolute atomic E-state index is 13.1. The van der Waals surface area contributed by atoms with Crippen molar-refractivity contribution in [2.24, 2.45) is 5.92 Å². The van der Waals surface area contributed by atoms with Crippen LogP contribution in [0.1, 0.15) is 6.42 Å². The predicted molar refractivity (Wildman–Crippen MR) is 67.5 cm³/mol. The van der Waals surface area contributed by atoms with Crippen LogP contribution in [0.15, 0.2) is 24.5 Å². The molecule has 1 aliphatic rings. The minimum absolute atomic E-state index is 0.358. The van der Waals surface area contributed by atoms with Crippen molar-refractivity contribution in [2.45, 2.75) is 6.42 Å². The zero-order chi connectivity index (χ0) is 13.4. The van der Waals surface area contributed by atoms with E-state index in [2.05, 4.69) is 9.97 Å². The molecule has 0 radical (unpaired) electrons. The maximum atomic E-state index is 13.1. The zero-order valence-corrected chi connectivity index (χ0v) is 10.1. The van der Waals surface area contributed by atoms with Crippen molar-refractivity contribution in [3.63, 3.8) is 0 Å². The summed E-state index contributed by atoms with van der Waals surface area (Å²) in [6.45, 7) is 1.11. The Morgan fingerprint density at radius 2 is 2.32 bits per heavy atom. The van der Waals surface area contributed by atoms with Gasteiger partial charge in [0.25, 0.3) is 0 Å². The highest BCUT2D eigenvalue weighted by Crippen LogP contribution is 2.28. The van der Waals surface area contributed by atoms with E-state index in [0.29, 0.717) is 30.5 Å². The Morgan fingerprint density at radius 1 is 1.47 bits per heavy atom. The van der Waals surface area contributed by atoms with Crippen LogP contribution in [0.2, 0.25) is 0 Å². The minimum Gasteiger partial charge on any atom is -0.481 e. The van der Waals surface area contributed by atoms with Crippen molar-refractivity contribution in [1.29, 1.82) is 0 Å². The van der Waals surface area contributed by atoms with Gasteiger partial charge in [-0.15, -0.1) is 0 Å². The number of fused-ring (bicyclic) bond motifs is 1. The number of anilines is 1. The van der Waals surface area contributed by atoms with Gasteiger partial charge in [-0.3, -0.25) is 9.78 Å². The van der Waals surface area contributed by atoms with Gasteiger partial charge in [0.1, 0.15) is 11.3 Å². The largest absolute Gasteiger partial charge is 0.481 e. The first-order valence-electron chi connectivity index (χ1n) is 6.03. The Kier molecular flexibility index (Phi) is 2.77. The fourth-order valence-electron chi connectivity index (χ4n) is 2.43. The SMILES string of the molecule is O=C(O)C1CCN(c2ccnc3cc(F)cnc23)C1. The van der Waals surface area contributed by atoms with Crippen molar-refractivity contribution in [3.8, 4) is 0 Å². The van der Waals surface area contributed by atoms with E-state index in [1.54, 1.807) is 12.3 Å². The van der Waals surface area contributed by atoms with Crippen LogP contribution >= 0.6 is 0 Å². The van der Waals surface area contributed by atoms with Gasteiger partial charge in [-0.1, -0.05) is 0 Å². The number of hydrogen-bond acceptors (Lipinski definition) is 4. The van der Waals surface area contributed by atoms with Crippen molar-refractivity contribution in [1.82, 2.24) is 9.97 Å². The lowest BCUT2D eigenvalue weighted by atomic mass is 10.1. The number of aromatic nitrogens is 2. The van der Waals surface area contributed by atoms with Gasteiger partial charge in [0, 0.05) is 25.4 Å². The molecular weight excluding hydrogens is 249 g/mol. The molecule has 98 valence electrons. The summed E-state index contributed by atoms with van der Waals surface area (Å²) in [6.07, 6.45) is 3.35. The zero-order valence-electron chi connectivity index (χ0n) is 10.1. The first kappa shape index (κ1) is 11.8. The summed E-state index contributed by atoms with van der Waals surface area (Å²) in [7, 11) is 0. The lowest BCUT2D eigenvalue weighted by molar-refractivity contribution is -0.140. The van der Waals surface area contributed by atoms with Gasteiger partial charge in [0.2, 0.25) is 0 Å². The molecule has 0 bridgehead atoms. The standard InChI is InChI=1S/C13H12FN3O2/c14-9-5-10-12(16-6-9)11(1-3-15-10)17-4-2-8(7-17)13(18)19/h1,3,5-6,8H,2,4,7H2,(H,18,19). The fourth-order valence-corrected chi connectivity index (χ4v) is 2.43. The van der Waals surface area contributed by atoms with Crippen molar-refractivity contribution in [3.05, 3.63) is 30.3 Å². The van der Waals surface area contributed by atoms with Gasteiger partial charge in [0.15, 0.2) is 0 Å². The third kappa shape index (κ3) is 2.09. The maximum Gasteiger partial charge on any atom is 0.308 e. The number of carboxylic acids is 1. The van der Waals surface area contributed by atoms with Crippen LogP contribution in [0.4, 0.5) is 10.1 Å². The van der Waals surface area contributed by atoms with Crippen LogP contribution < -0.4 is 4.90 Å². The summed E-state index contributed by atoms with van der Waals surface area (Å²) >= 11 is 0. The molecule has 1 atom stereocenters. The molecule has 1 fully saturated rings. The van der Waals surface area contributed by atoms with E-state index in [1.165, 1.54) is 6.07 Å². The highest BCUT2D eigenvalue weighted by molar-refractivity contribution is 5.88. The topological polar surface area (TPSA) is 66.3 Å². The van der Waals surface area contributed by atoms with E-state index in [9.17, 15) is 9.18 Å². The van der Waals surface area contributed by atoms with Gasteiger partial charge in [-0.2, -0.15) is 0 Å². The minimum atomic E-state index is -0.778. The van der Waals surface area contributed by atoms with E-state index in [4.69, 9.17) is 5.11 Å². The van der Waals surface area contributed by atoms with Crippen LogP contribution in [-0.4, -0.2) is 34.1 Å².